The molecule has 0 aliphatic carbocycles. The van der Waals surface area contributed by atoms with Crippen LogP contribution in [0.2, 0.25) is 5.02 Å². The fourth-order valence-corrected chi connectivity index (χ4v) is 2.46. The summed E-state index contributed by atoms with van der Waals surface area (Å²) in [6, 6.07) is 6.40. The number of nitrogens with one attached hydrogen (secondary N) is 1. The quantitative estimate of drug-likeness (QED) is 0.912. The van der Waals surface area contributed by atoms with E-state index in [1.54, 1.807) is 0 Å². The Morgan fingerprint density at radius 2 is 2.17 bits per heavy atom. The molecule has 1 aliphatic rings. The van der Waals surface area contributed by atoms with Crippen molar-refractivity contribution in [3.8, 4) is 0 Å². The Bertz CT molecular complexity index is 459. The number of hydrogen-bond donors (Lipinski definition) is 1. The molecular weight excluding hydrogens is 248 g/mol. The van der Waals surface area contributed by atoms with Gasteiger partial charge in [-0.1, -0.05) is 31.5 Å². The fraction of sp³-hybridized carbons (Fsp3) is 0.500. The average molecular weight is 267 g/mol. The molecule has 0 radical (unpaired) electrons. The summed E-state index contributed by atoms with van der Waals surface area (Å²) >= 11 is 6.11. The van der Waals surface area contributed by atoms with Gasteiger partial charge in [0.05, 0.1) is 0 Å². The Morgan fingerprint density at radius 3 is 2.78 bits per heavy atom. The number of benzene rings is 1. The van der Waals surface area contributed by atoms with Crippen molar-refractivity contribution in [1.29, 1.82) is 0 Å². The molecule has 1 aromatic carbocycles. The molecule has 0 aromatic heterocycles. The van der Waals surface area contributed by atoms with E-state index in [-0.39, 0.29) is 11.9 Å². The molecule has 2 rings (SSSR count). The summed E-state index contributed by atoms with van der Waals surface area (Å²) in [5.41, 5.74) is 1.92. The van der Waals surface area contributed by atoms with Crippen molar-refractivity contribution in [2.75, 3.05) is 11.4 Å². The molecule has 18 heavy (non-hydrogen) atoms. The van der Waals surface area contributed by atoms with Crippen LogP contribution in [0.15, 0.2) is 18.2 Å². The van der Waals surface area contributed by atoms with E-state index in [1.165, 1.54) is 0 Å². The summed E-state index contributed by atoms with van der Waals surface area (Å²) in [5.74, 6) is 0.160. The highest BCUT2D eigenvalue weighted by atomic mass is 35.5. The molecule has 1 amide bonds. The summed E-state index contributed by atoms with van der Waals surface area (Å²) in [5, 5.41) is 4.11. The zero-order chi connectivity index (χ0) is 13.3. The molecule has 1 heterocycles. The van der Waals surface area contributed by atoms with Crippen molar-refractivity contribution >= 4 is 23.2 Å². The Labute approximate surface area is 113 Å². The Hall–Kier alpha value is -1.06. The molecule has 98 valence electrons. The number of nitrogens with zero attached hydrogens (tertiary/aromatic N) is 1. The molecule has 1 N–H and O–H groups in total. The van der Waals surface area contributed by atoms with E-state index < -0.39 is 0 Å². The van der Waals surface area contributed by atoms with Gasteiger partial charge in [-0.15, -0.1) is 0 Å². The van der Waals surface area contributed by atoms with Gasteiger partial charge in [-0.05, 0) is 24.6 Å². The monoisotopic (exact) mass is 266 g/mol. The van der Waals surface area contributed by atoms with E-state index in [0.29, 0.717) is 17.5 Å². The second-order valence-corrected chi connectivity index (χ2v) is 5.57. The molecule has 1 aliphatic heterocycles. The smallest absolute Gasteiger partial charge is 0.228 e. The highest BCUT2D eigenvalue weighted by Gasteiger charge is 2.30. The van der Waals surface area contributed by atoms with Crippen molar-refractivity contribution in [3.05, 3.63) is 28.8 Å². The first-order valence-corrected chi connectivity index (χ1v) is 6.67. The second kappa shape index (κ2) is 5.29. The summed E-state index contributed by atoms with van der Waals surface area (Å²) < 4.78 is 0. The van der Waals surface area contributed by atoms with Crippen LogP contribution < -0.4 is 10.2 Å². The van der Waals surface area contributed by atoms with Crippen molar-refractivity contribution < 1.29 is 4.79 Å². The van der Waals surface area contributed by atoms with Crippen LogP contribution in [0.25, 0.3) is 0 Å². The molecule has 0 bridgehead atoms. The lowest BCUT2D eigenvalue weighted by Crippen LogP contribution is -2.37. The molecule has 1 aromatic rings. The summed E-state index contributed by atoms with van der Waals surface area (Å²) in [6.07, 6.45) is 0.559. The van der Waals surface area contributed by atoms with Crippen LogP contribution in [0.5, 0.6) is 0 Å². The first-order valence-electron chi connectivity index (χ1n) is 6.30. The van der Waals surface area contributed by atoms with Gasteiger partial charge in [-0.3, -0.25) is 4.79 Å². The molecule has 4 heteroatoms. The van der Waals surface area contributed by atoms with Crippen molar-refractivity contribution in [2.24, 2.45) is 0 Å². The van der Waals surface area contributed by atoms with Gasteiger partial charge in [0.1, 0.15) is 0 Å². The predicted octanol–water partition coefficient (Wildman–Crippen LogP) is 2.75. The molecule has 3 nitrogen and oxygen atoms in total. The van der Waals surface area contributed by atoms with Crippen LogP contribution in [0.4, 0.5) is 5.69 Å². The molecular formula is C14H19ClN2O. The Balaban J connectivity index is 2.14. The second-order valence-electron chi connectivity index (χ2n) is 5.16. The standard InChI is InChI=1S/C14H19ClN2O/c1-9(2)16-11-6-14(18)17(8-11)12-5-4-10(3)13(15)7-12/h4-5,7,9,11,16H,6,8H2,1-3H3. The third-order valence-electron chi connectivity index (χ3n) is 3.16. The molecule has 1 saturated heterocycles. The fourth-order valence-electron chi connectivity index (χ4n) is 2.29. The van der Waals surface area contributed by atoms with Gasteiger partial charge < -0.3 is 10.2 Å². The SMILES string of the molecule is Cc1ccc(N2CC(NC(C)C)CC2=O)cc1Cl. The highest BCUT2D eigenvalue weighted by molar-refractivity contribution is 6.31. The van der Waals surface area contributed by atoms with Gasteiger partial charge >= 0.3 is 0 Å². The minimum atomic E-state index is 0.160. The first kappa shape index (κ1) is 13.4. The lowest BCUT2D eigenvalue weighted by Gasteiger charge is -2.19. The number of carbonyl (C=O) groups excluding carboxylic acids is 1. The molecule has 0 spiro atoms. The van der Waals surface area contributed by atoms with Crippen LogP contribution in [0, 0.1) is 6.92 Å². The number of anilines is 1. The van der Waals surface area contributed by atoms with Crippen LogP contribution in [0.1, 0.15) is 25.8 Å². The van der Waals surface area contributed by atoms with E-state index in [9.17, 15) is 4.79 Å². The number of rotatable bonds is 3. The normalized spacial score (nSPS) is 19.9. The van der Waals surface area contributed by atoms with Crippen LogP contribution in [-0.4, -0.2) is 24.5 Å². The third-order valence-corrected chi connectivity index (χ3v) is 3.57. The molecule has 0 saturated carbocycles. The maximum absolute atomic E-state index is 12.0. The van der Waals surface area contributed by atoms with Crippen molar-refractivity contribution in [3.63, 3.8) is 0 Å². The maximum Gasteiger partial charge on any atom is 0.228 e. The largest absolute Gasteiger partial charge is 0.311 e. The highest BCUT2D eigenvalue weighted by Crippen LogP contribution is 2.26. The molecule has 1 atom stereocenters. The summed E-state index contributed by atoms with van der Waals surface area (Å²) in [6.45, 7) is 6.86. The molecule has 1 fully saturated rings. The number of carbonyl (C=O) groups is 1. The van der Waals surface area contributed by atoms with Gasteiger partial charge in [-0.25, -0.2) is 0 Å². The van der Waals surface area contributed by atoms with E-state index in [2.05, 4.69) is 19.2 Å². The minimum absolute atomic E-state index is 0.160. The van der Waals surface area contributed by atoms with E-state index >= 15 is 0 Å². The number of aryl methyl sites for hydroxylation is 1. The van der Waals surface area contributed by atoms with Gasteiger partial charge in [0, 0.05) is 35.8 Å². The van der Waals surface area contributed by atoms with Gasteiger partial charge in [0.2, 0.25) is 5.91 Å². The maximum atomic E-state index is 12.0. The van der Waals surface area contributed by atoms with Gasteiger partial charge in [-0.2, -0.15) is 0 Å². The minimum Gasteiger partial charge on any atom is -0.311 e. The van der Waals surface area contributed by atoms with Gasteiger partial charge in [0.25, 0.3) is 0 Å². The van der Waals surface area contributed by atoms with E-state index in [1.807, 2.05) is 30.0 Å². The Kier molecular flexibility index (Phi) is 3.93. The zero-order valence-corrected chi connectivity index (χ0v) is 11.8. The lowest BCUT2D eigenvalue weighted by molar-refractivity contribution is -0.117. The van der Waals surface area contributed by atoms with Crippen molar-refractivity contribution in [1.82, 2.24) is 5.32 Å². The van der Waals surface area contributed by atoms with Crippen LogP contribution in [0.3, 0.4) is 0 Å². The molecule has 1 unspecified atom stereocenters. The lowest BCUT2D eigenvalue weighted by atomic mass is 10.2. The average Bonchev–Trinajstić information content (AvgIpc) is 2.62. The number of halogens is 1. The number of hydrogen-bond acceptors (Lipinski definition) is 2. The summed E-state index contributed by atoms with van der Waals surface area (Å²) in [4.78, 5) is 13.8. The Morgan fingerprint density at radius 1 is 1.44 bits per heavy atom. The zero-order valence-electron chi connectivity index (χ0n) is 11.0. The van der Waals surface area contributed by atoms with Crippen LogP contribution >= 0.6 is 11.6 Å². The summed E-state index contributed by atoms with van der Waals surface area (Å²) in [7, 11) is 0. The predicted molar refractivity (Wildman–Crippen MR) is 75.2 cm³/mol. The number of amides is 1. The topological polar surface area (TPSA) is 32.3 Å². The third kappa shape index (κ3) is 2.85. The van der Waals surface area contributed by atoms with Crippen LogP contribution in [-0.2, 0) is 4.79 Å². The van der Waals surface area contributed by atoms with Gasteiger partial charge in [0.15, 0.2) is 0 Å². The van der Waals surface area contributed by atoms with E-state index in [0.717, 1.165) is 17.8 Å². The first-order chi connectivity index (χ1) is 8.47. The van der Waals surface area contributed by atoms with Crippen molar-refractivity contribution in [2.45, 2.75) is 39.3 Å². The van der Waals surface area contributed by atoms with E-state index in [4.69, 9.17) is 11.6 Å².